The normalized spacial score (nSPS) is 11.3. The van der Waals surface area contributed by atoms with Gasteiger partial charge in [0, 0.05) is 17.6 Å². The molecule has 0 aliphatic heterocycles. The van der Waals surface area contributed by atoms with Crippen molar-refractivity contribution in [3.63, 3.8) is 0 Å². The van der Waals surface area contributed by atoms with Gasteiger partial charge >= 0.3 is 5.97 Å². The Morgan fingerprint density at radius 1 is 1.12 bits per heavy atom. The van der Waals surface area contributed by atoms with Gasteiger partial charge in [0.2, 0.25) is 5.91 Å². The highest BCUT2D eigenvalue weighted by Gasteiger charge is 2.13. The molecule has 2 N–H and O–H groups in total. The molecule has 0 aliphatic carbocycles. The van der Waals surface area contributed by atoms with Gasteiger partial charge in [-0.3, -0.25) is 9.59 Å². The molecule has 0 unspecified atom stereocenters. The van der Waals surface area contributed by atoms with Gasteiger partial charge in [0.05, 0.1) is 11.6 Å². The van der Waals surface area contributed by atoms with Crippen LogP contribution in [-0.4, -0.2) is 24.4 Å². The van der Waals surface area contributed by atoms with Crippen LogP contribution >= 0.6 is 11.6 Å². The molecular formula is C19H19ClN2O4. The van der Waals surface area contributed by atoms with Gasteiger partial charge in [-0.05, 0) is 48.9 Å². The van der Waals surface area contributed by atoms with E-state index < -0.39 is 18.5 Å². The average molecular weight is 375 g/mol. The number of hydrogen-bond donors (Lipinski definition) is 2. The van der Waals surface area contributed by atoms with Gasteiger partial charge in [-0.1, -0.05) is 23.7 Å². The third-order valence-electron chi connectivity index (χ3n) is 3.50. The smallest absolute Gasteiger partial charge is 0.338 e. The van der Waals surface area contributed by atoms with Crippen molar-refractivity contribution in [3.05, 3.63) is 64.7 Å². The SMILES string of the molecule is CC(=O)Nc1ccc(C(=O)OCC(=O)N[C@@H](C)c2cccc(Cl)c2)cc1. The van der Waals surface area contributed by atoms with Gasteiger partial charge in [-0.25, -0.2) is 4.79 Å². The van der Waals surface area contributed by atoms with Crippen molar-refractivity contribution in [1.82, 2.24) is 5.32 Å². The minimum atomic E-state index is -0.620. The van der Waals surface area contributed by atoms with Crippen LogP contribution in [0.2, 0.25) is 5.02 Å². The van der Waals surface area contributed by atoms with E-state index in [4.69, 9.17) is 16.3 Å². The maximum atomic E-state index is 12.0. The zero-order valence-corrected chi connectivity index (χ0v) is 15.2. The van der Waals surface area contributed by atoms with E-state index in [0.29, 0.717) is 10.7 Å². The number of carbonyl (C=O) groups excluding carboxylic acids is 3. The molecule has 0 radical (unpaired) electrons. The van der Waals surface area contributed by atoms with Crippen LogP contribution in [0.3, 0.4) is 0 Å². The summed E-state index contributed by atoms with van der Waals surface area (Å²) in [5.41, 5.74) is 1.71. The van der Waals surface area contributed by atoms with Gasteiger partial charge in [-0.15, -0.1) is 0 Å². The van der Waals surface area contributed by atoms with Gasteiger partial charge < -0.3 is 15.4 Å². The highest BCUT2D eigenvalue weighted by atomic mass is 35.5. The second-order valence-electron chi connectivity index (χ2n) is 5.68. The number of carbonyl (C=O) groups is 3. The van der Waals surface area contributed by atoms with Crippen molar-refractivity contribution >= 4 is 35.1 Å². The molecule has 0 aromatic heterocycles. The first-order valence-corrected chi connectivity index (χ1v) is 8.32. The summed E-state index contributed by atoms with van der Waals surface area (Å²) < 4.78 is 5.01. The number of amides is 2. The molecule has 1 atom stereocenters. The van der Waals surface area contributed by atoms with Crippen LogP contribution in [0.15, 0.2) is 48.5 Å². The Hall–Kier alpha value is -2.86. The first kappa shape index (κ1) is 19.5. The van der Waals surface area contributed by atoms with E-state index in [1.54, 1.807) is 30.3 Å². The number of esters is 1. The Morgan fingerprint density at radius 3 is 2.42 bits per heavy atom. The van der Waals surface area contributed by atoms with Crippen LogP contribution in [-0.2, 0) is 14.3 Å². The molecule has 0 spiro atoms. The molecule has 0 saturated carbocycles. The molecule has 0 fully saturated rings. The lowest BCUT2D eigenvalue weighted by atomic mass is 10.1. The van der Waals surface area contributed by atoms with E-state index in [2.05, 4.69) is 10.6 Å². The maximum absolute atomic E-state index is 12.0. The minimum Gasteiger partial charge on any atom is -0.452 e. The highest BCUT2D eigenvalue weighted by Crippen LogP contribution is 2.17. The first-order valence-electron chi connectivity index (χ1n) is 7.95. The van der Waals surface area contributed by atoms with E-state index in [1.165, 1.54) is 19.1 Å². The van der Waals surface area contributed by atoms with Crippen LogP contribution in [0.25, 0.3) is 0 Å². The predicted molar refractivity (Wildman–Crippen MR) is 99.0 cm³/mol. The number of rotatable bonds is 6. The predicted octanol–water partition coefficient (Wildman–Crippen LogP) is 3.33. The number of hydrogen-bond acceptors (Lipinski definition) is 4. The van der Waals surface area contributed by atoms with Crippen LogP contribution < -0.4 is 10.6 Å². The van der Waals surface area contributed by atoms with Gasteiger partial charge in [-0.2, -0.15) is 0 Å². The van der Waals surface area contributed by atoms with Crippen LogP contribution in [0.1, 0.15) is 35.8 Å². The quantitative estimate of drug-likeness (QED) is 0.759. The lowest BCUT2D eigenvalue weighted by molar-refractivity contribution is -0.124. The molecule has 0 aliphatic rings. The van der Waals surface area contributed by atoms with Crippen molar-refractivity contribution in [2.45, 2.75) is 19.9 Å². The summed E-state index contributed by atoms with van der Waals surface area (Å²) in [6.45, 7) is 2.81. The molecule has 7 heteroatoms. The van der Waals surface area contributed by atoms with Gasteiger partial charge in [0.25, 0.3) is 5.91 Å². The first-order chi connectivity index (χ1) is 12.3. The summed E-state index contributed by atoms with van der Waals surface area (Å²) in [6, 6.07) is 13.1. The fourth-order valence-electron chi connectivity index (χ4n) is 2.25. The second-order valence-corrected chi connectivity index (χ2v) is 6.12. The molecule has 2 aromatic carbocycles. The fraction of sp³-hybridized carbons (Fsp3) is 0.211. The zero-order chi connectivity index (χ0) is 19.1. The van der Waals surface area contributed by atoms with Crippen LogP contribution in [0.4, 0.5) is 5.69 Å². The molecular weight excluding hydrogens is 356 g/mol. The van der Waals surface area contributed by atoms with Crippen molar-refractivity contribution in [2.24, 2.45) is 0 Å². The van der Waals surface area contributed by atoms with E-state index in [1.807, 2.05) is 13.0 Å². The van der Waals surface area contributed by atoms with E-state index >= 15 is 0 Å². The second kappa shape index (κ2) is 9.01. The number of halogens is 1. The number of benzene rings is 2. The molecule has 2 amide bonds. The Kier molecular flexibility index (Phi) is 6.74. The molecule has 2 rings (SSSR count). The van der Waals surface area contributed by atoms with E-state index in [-0.39, 0.29) is 17.5 Å². The zero-order valence-electron chi connectivity index (χ0n) is 14.4. The fourth-order valence-corrected chi connectivity index (χ4v) is 2.45. The Bertz CT molecular complexity index is 805. The summed E-state index contributed by atoms with van der Waals surface area (Å²) in [4.78, 5) is 34.9. The van der Waals surface area contributed by atoms with Gasteiger partial charge in [0.1, 0.15) is 0 Å². The topological polar surface area (TPSA) is 84.5 Å². The van der Waals surface area contributed by atoms with Crippen molar-refractivity contribution < 1.29 is 19.1 Å². The van der Waals surface area contributed by atoms with Crippen molar-refractivity contribution in [1.29, 1.82) is 0 Å². The van der Waals surface area contributed by atoms with E-state index in [0.717, 1.165) is 5.56 Å². The largest absolute Gasteiger partial charge is 0.452 e. The summed E-state index contributed by atoms with van der Waals surface area (Å²) >= 11 is 5.93. The lowest BCUT2D eigenvalue weighted by Crippen LogP contribution is -2.31. The van der Waals surface area contributed by atoms with Crippen molar-refractivity contribution in [2.75, 3.05) is 11.9 Å². The van der Waals surface area contributed by atoms with Crippen molar-refractivity contribution in [3.8, 4) is 0 Å². The molecule has 0 saturated heterocycles. The molecule has 26 heavy (non-hydrogen) atoms. The monoisotopic (exact) mass is 374 g/mol. The molecule has 2 aromatic rings. The minimum absolute atomic E-state index is 0.203. The summed E-state index contributed by atoms with van der Waals surface area (Å²) in [7, 11) is 0. The summed E-state index contributed by atoms with van der Waals surface area (Å²) in [5.74, 6) is -1.24. The average Bonchev–Trinajstić information content (AvgIpc) is 2.59. The molecule has 0 heterocycles. The van der Waals surface area contributed by atoms with Crippen LogP contribution in [0.5, 0.6) is 0 Å². The molecule has 136 valence electrons. The molecule has 0 bridgehead atoms. The van der Waals surface area contributed by atoms with E-state index in [9.17, 15) is 14.4 Å². The number of anilines is 1. The highest BCUT2D eigenvalue weighted by molar-refractivity contribution is 6.30. The third-order valence-corrected chi connectivity index (χ3v) is 3.74. The summed E-state index contributed by atoms with van der Waals surface area (Å²) in [6.07, 6.45) is 0. The third kappa shape index (κ3) is 5.89. The van der Waals surface area contributed by atoms with Crippen LogP contribution in [0, 0.1) is 0 Å². The number of nitrogens with one attached hydrogen (secondary N) is 2. The standard InChI is InChI=1S/C19H19ClN2O4/c1-12(15-4-3-5-16(20)10-15)21-18(24)11-26-19(25)14-6-8-17(9-7-14)22-13(2)23/h3-10,12H,11H2,1-2H3,(H,21,24)(H,22,23)/t12-/m0/s1. The maximum Gasteiger partial charge on any atom is 0.338 e. The lowest BCUT2D eigenvalue weighted by Gasteiger charge is -2.14. The Balaban J connectivity index is 1.84. The van der Waals surface area contributed by atoms with Gasteiger partial charge in [0.15, 0.2) is 6.61 Å². The molecule has 6 nitrogen and oxygen atoms in total. The Morgan fingerprint density at radius 2 is 1.81 bits per heavy atom. The number of ether oxygens (including phenoxy) is 1. The summed E-state index contributed by atoms with van der Waals surface area (Å²) in [5, 5.41) is 5.92. The Labute approximate surface area is 156 Å².